The molecule has 26 heavy (non-hydrogen) atoms. The zero-order chi connectivity index (χ0) is 16.8. The number of piperazine rings is 1. The van der Waals surface area contributed by atoms with Crippen LogP contribution in [0.4, 0.5) is 5.69 Å². The Labute approximate surface area is 167 Å². The molecule has 0 unspecified atom stereocenters. The number of hydrogen-bond acceptors (Lipinski definition) is 4. The summed E-state index contributed by atoms with van der Waals surface area (Å²) >= 11 is 0. The zero-order valence-corrected chi connectivity index (χ0v) is 16.5. The number of amides is 2. The highest BCUT2D eigenvalue weighted by atomic mass is 35.5. The maximum absolute atomic E-state index is 12.3. The lowest BCUT2D eigenvalue weighted by Gasteiger charge is -2.36. The van der Waals surface area contributed by atoms with Crippen molar-refractivity contribution in [2.75, 3.05) is 44.2 Å². The van der Waals surface area contributed by atoms with Crippen molar-refractivity contribution in [3.8, 4) is 0 Å². The van der Waals surface area contributed by atoms with E-state index in [4.69, 9.17) is 0 Å². The molecule has 3 rings (SSSR count). The highest BCUT2D eigenvalue weighted by Gasteiger charge is 2.24. The van der Waals surface area contributed by atoms with Crippen molar-refractivity contribution in [2.24, 2.45) is 0 Å². The van der Waals surface area contributed by atoms with Crippen LogP contribution in [0.3, 0.4) is 0 Å². The third-order valence-corrected chi connectivity index (χ3v) is 4.79. The Morgan fingerprint density at radius 2 is 1.73 bits per heavy atom. The summed E-state index contributed by atoms with van der Waals surface area (Å²) in [7, 11) is 0. The lowest BCUT2D eigenvalue weighted by atomic mass is 10.0. The van der Waals surface area contributed by atoms with Gasteiger partial charge in [0.2, 0.25) is 11.8 Å². The van der Waals surface area contributed by atoms with E-state index in [2.05, 4.69) is 27.7 Å². The number of nitrogens with zero attached hydrogens (tertiary/aromatic N) is 2. The van der Waals surface area contributed by atoms with Crippen molar-refractivity contribution >= 4 is 42.3 Å². The van der Waals surface area contributed by atoms with Crippen molar-refractivity contribution in [3.05, 3.63) is 30.3 Å². The smallest absolute Gasteiger partial charge is 0.242 e. The van der Waals surface area contributed by atoms with Gasteiger partial charge < -0.3 is 20.4 Å². The largest absolute Gasteiger partial charge is 0.368 e. The average Bonchev–Trinajstić information content (AvgIpc) is 2.67. The van der Waals surface area contributed by atoms with Crippen molar-refractivity contribution < 1.29 is 9.59 Å². The first-order valence-corrected chi connectivity index (χ1v) is 8.83. The van der Waals surface area contributed by atoms with Gasteiger partial charge in [-0.25, -0.2) is 0 Å². The van der Waals surface area contributed by atoms with E-state index in [1.807, 2.05) is 23.1 Å². The Morgan fingerprint density at radius 1 is 1.04 bits per heavy atom. The molecule has 1 atom stereocenters. The number of rotatable bonds is 4. The number of benzene rings is 1. The molecule has 0 aliphatic carbocycles. The van der Waals surface area contributed by atoms with Gasteiger partial charge >= 0.3 is 0 Å². The number of halogens is 2. The second-order valence-corrected chi connectivity index (χ2v) is 6.42. The van der Waals surface area contributed by atoms with Crippen LogP contribution in [0, 0.1) is 0 Å². The van der Waals surface area contributed by atoms with Gasteiger partial charge in [-0.2, -0.15) is 0 Å². The highest BCUT2D eigenvalue weighted by Crippen LogP contribution is 2.15. The minimum absolute atomic E-state index is 0. The molecule has 0 spiro atoms. The van der Waals surface area contributed by atoms with E-state index in [0.717, 1.165) is 38.9 Å². The molecule has 2 amide bonds. The topological polar surface area (TPSA) is 64.7 Å². The van der Waals surface area contributed by atoms with Crippen LogP contribution in [0.1, 0.15) is 19.3 Å². The van der Waals surface area contributed by atoms with Crippen LogP contribution in [-0.4, -0.2) is 62.0 Å². The van der Waals surface area contributed by atoms with Gasteiger partial charge in [0.05, 0.1) is 12.6 Å². The average molecular weight is 403 g/mol. The molecule has 146 valence electrons. The fourth-order valence-corrected chi connectivity index (χ4v) is 3.33. The maximum Gasteiger partial charge on any atom is 0.242 e. The predicted octanol–water partition coefficient (Wildman–Crippen LogP) is 1.44. The minimum atomic E-state index is -0.138. The molecule has 6 nitrogen and oxygen atoms in total. The SMILES string of the molecule is Cl.Cl.O=C(NCC(=O)N1CCN(c2ccccc2)CC1)[C@H]1CCCCN1. The minimum Gasteiger partial charge on any atom is -0.368 e. The number of hydrogen-bond donors (Lipinski definition) is 2. The summed E-state index contributed by atoms with van der Waals surface area (Å²) in [6.07, 6.45) is 3.05. The van der Waals surface area contributed by atoms with Gasteiger partial charge in [-0.3, -0.25) is 9.59 Å². The maximum atomic E-state index is 12.3. The molecule has 0 aromatic heterocycles. The molecular formula is C18H28Cl2N4O2. The van der Waals surface area contributed by atoms with Crippen molar-refractivity contribution in [1.29, 1.82) is 0 Å². The second-order valence-electron chi connectivity index (χ2n) is 6.42. The molecule has 2 fully saturated rings. The molecular weight excluding hydrogens is 375 g/mol. The van der Waals surface area contributed by atoms with Gasteiger partial charge in [0, 0.05) is 31.9 Å². The monoisotopic (exact) mass is 402 g/mol. The van der Waals surface area contributed by atoms with E-state index < -0.39 is 0 Å². The molecule has 2 N–H and O–H groups in total. The molecule has 2 heterocycles. The molecule has 8 heteroatoms. The first-order chi connectivity index (χ1) is 11.7. The normalized spacial score (nSPS) is 19.8. The van der Waals surface area contributed by atoms with Crippen molar-refractivity contribution in [1.82, 2.24) is 15.5 Å². The van der Waals surface area contributed by atoms with Crippen LogP contribution in [0.15, 0.2) is 30.3 Å². The number of carbonyl (C=O) groups excluding carboxylic acids is 2. The number of para-hydroxylation sites is 1. The van der Waals surface area contributed by atoms with Crippen LogP contribution in [0.2, 0.25) is 0 Å². The van der Waals surface area contributed by atoms with E-state index >= 15 is 0 Å². The summed E-state index contributed by atoms with van der Waals surface area (Å²) in [5, 5.41) is 5.99. The van der Waals surface area contributed by atoms with Crippen LogP contribution in [0.25, 0.3) is 0 Å². The number of piperidine rings is 1. The number of nitrogens with one attached hydrogen (secondary N) is 2. The first kappa shape index (κ1) is 22.5. The molecule has 2 aliphatic heterocycles. The van der Waals surface area contributed by atoms with E-state index in [0.29, 0.717) is 13.1 Å². The van der Waals surface area contributed by atoms with Gasteiger partial charge in [0.15, 0.2) is 0 Å². The Balaban J connectivity index is 0.00000169. The first-order valence-electron chi connectivity index (χ1n) is 8.83. The summed E-state index contributed by atoms with van der Waals surface area (Å²) in [6.45, 7) is 4.04. The quantitative estimate of drug-likeness (QED) is 0.799. The van der Waals surface area contributed by atoms with Crippen LogP contribution in [-0.2, 0) is 9.59 Å². The Kier molecular flexibility index (Phi) is 9.76. The van der Waals surface area contributed by atoms with Crippen molar-refractivity contribution in [2.45, 2.75) is 25.3 Å². The predicted molar refractivity (Wildman–Crippen MR) is 108 cm³/mol. The van der Waals surface area contributed by atoms with Crippen molar-refractivity contribution in [3.63, 3.8) is 0 Å². The Hall–Kier alpha value is -1.50. The molecule has 0 radical (unpaired) electrons. The highest BCUT2D eigenvalue weighted by molar-refractivity contribution is 5.87. The van der Waals surface area contributed by atoms with E-state index in [-0.39, 0.29) is 49.2 Å². The molecule has 0 bridgehead atoms. The molecule has 1 aromatic rings. The van der Waals surface area contributed by atoms with Gasteiger partial charge in [-0.1, -0.05) is 24.6 Å². The lowest BCUT2D eigenvalue weighted by molar-refractivity contribution is -0.133. The molecule has 0 saturated carbocycles. The summed E-state index contributed by atoms with van der Waals surface area (Å²) in [5.41, 5.74) is 1.20. The van der Waals surface area contributed by atoms with Gasteiger partial charge in [0.1, 0.15) is 0 Å². The fraction of sp³-hybridized carbons (Fsp3) is 0.556. The van der Waals surface area contributed by atoms with Crippen LogP contribution < -0.4 is 15.5 Å². The Morgan fingerprint density at radius 3 is 2.35 bits per heavy atom. The number of carbonyl (C=O) groups is 2. The number of anilines is 1. The van der Waals surface area contributed by atoms with Crippen LogP contribution in [0.5, 0.6) is 0 Å². The second kappa shape index (κ2) is 11.3. The Bertz CT molecular complexity index is 560. The van der Waals surface area contributed by atoms with E-state index in [9.17, 15) is 9.59 Å². The van der Waals surface area contributed by atoms with E-state index in [1.54, 1.807) is 0 Å². The lowest BCUT2D eigenvalue weighted by Crippen LogP contribution is -2.53. The molecule has 2 aliphatic rings. The summed E-state index contributed by atoms with van der Waals surface area (Å²) in [5.74, 6) is -0.0437. The van der Waals surface area contributed by atoms with E-state index in [1.165, 1.54) is 5.69 Å². The van der Waals surface area contributed by atoms with Crippen LogP contribution >= 0.6 is 24.8 Å². The zero-order valence-electron chi connectivity index (χ0n) is 14.9. The molecule has 1 aromatic carbocycles. The standard InChI is InChI=1S/C18H26N4O2.2ClH/c23-17(14-20-18(24)16-8-4-5-9-19-16)22-12-10-21(11-13-22)15-6-2-1-3-7-15;;/h1-3,6-7,16,19H,4-5,8-14H2,(H,20,24);2*1H/t16-;;/m1../s1. The summed E-state index contributed by atoms with van der Waals surface area (Å²) in [4.78, 5) is 28.5. The van der Waals surface area contributed by atoms with Gasteiger partial charge in [0.25, 0.3) is 0 Å². The fourth-order valence-electron chi connectivity index (χ4n) is 3.33. The van der Waals surface area contributed by atoms with Gasteiger partial charge in [-0.05, 0) is 31.5 Å². The van der Waals surface area contributed by atoms with Gasteiger partial charge in [-0.15, -0.1) is 24.8 Å². The molecule has 2 saturated heterocycles. The summed E-state index contributed by atoms with van der Waals surface area (Å²) in [6, 6.07) is 10.1. The third-order valence-electron chi connectivity index (χ3n) is 4.79. The summed E-state index contributed by atoms with van der Waals surface area (Å²) < 4.78 is 0. The third kappa shape index (κ3) is 6.04.